The van der Waals surface area contributed by atoms with Crippen molar-refractivity contribution < 1.29 is 9.90 Å². The molecule has 1 rings (SSSR count). The van der Waals surface area contributed by atoms with E-state index in [0.29, 0.717) is 17.6 Å². The minimum atomic E-state index is -0.989. The summed E-state index contributed by atoms with van der Waals surface area (Å²) in [7, 11) is 2.00. The number of nitrogen functional groups attached to an aromatic ring is 1. The van der Waals surface area contributed by atoms with Crippen molar-refractivity contribution in [3.8, 4) is 0 Å². The topological polar surface area (TPSA) is 66.6 Å². The zero-order valence-electron chi connectivity index (χ0n) is 11.5. The number of rotatable bonds is 5. The molecule has 0 heterocycles. The fourth-order valence-electron chi connectivity index (χ4n) is 2.06. The van der Waals surface area contributed by atoms with Gasteiger partial charge in [0.05, 0.1) is 5.56 Å². The van der Waals surface area contributed by atoms with E-state index in [4.69, 9.17) is 10.8 Å². The number of nitrogens with two attached hydrogens (primary N) is 1. The van der Waals surface area contributed by atoms with Gasteiger partial charge in [0.25, 0.3) is 0 Å². The Hall–Kier alpha value is -1.71. The summed E-state index contributed by atoms with van der Waals surface area (Å²) < 4.78 is 0. The molecule has 3 N–H and O–H groups in total. The fourth-order valence-corrected chi connectivity index (χ4v) is 2.06. The predicted octanol–water partition coefficient (Wildman–Crippen LogP) is 2.84. The Labute approximate surface area is 108 Å². The van der Waals surface area contributed by atoms with Crippen molar-refractivity contribution in [3.63, 3.8) is 0 Å². The van der Waals surface area contributed by atoms with Crippen LogP contribution >= 0.6 is 0 Å². The summed E-state index contributed by atoms with van der Waals surface area (Å²) in [4.78, 5) is 13.0. The highest BCUT2D eigenvalue weighted by atomic mass is 16.4. The van der Waals surface area contributed by atoms with E-state index in [9.17, 15) is 4.79 Å². The van der Waals surface area contributed by atoms with Gasteiger partial charge in [0.2, 0.25) is 0 Å². The Morgan fingerprint density at radius 1 is 1.39 bits per heavy atom. The number of carbonyl (C=O) groups is 1. The summed E-state index contributed by atoms with van der Waals surface area (Å²) in [5, 5.41) is 8.93. The van der Waals surface area contributed by atoms with Crippen LogP contribution in [0.4, 0.5) is 11.4 Å². The Bertz CT molecular complexity index is 430. The highest BCUT2D eigenvalue weighted by Crippen LogP contribution is 2.23. The smallest absolute Gasteiger partial charge is 0.337 e. The second kappa shape index (κ2) is 5.76. The molecular weight excluding hydrogens is 228 g/mol. The molecule has 100 valence electrons. The van der Waals surface area contributed by atoms with E-state index >= 15 is 0 Å². The first-order valence-corrected chi connectivity index (χ1v) is 6.18. The molecule has 1 aromatic carbocycles. The summed E-state index contributed by atoms with van der Waals surface area (Å²) in [5.41, 5.74) is 7.17. The standard InChI is InChI=1S/C14H22N2O2/c1-9(2)7-10(3)16(4)11-5-6-12(14(17)18)13(15)8-11/h5-6,8-10H,7,15H2,1-4H3,(H,17,18). The van der Waals surface area contributed by atoms with Gasteiger partial charge in [0.1, 0.15) is 0 Å². The third-order valence-electron chi connectivity index (χ3n) is 3.15. The second-order valence-electron chi connectivity index (χ2n) is 5.17. The first-order chi connectivity index (χ1) is 8.32. The highest BCUT2D eigenvalue weighted by molar-refractivity contribution is 5.94. The lowest BCUT2D eigenvalue weighted by molar-refractivity contribution is 0.0698. The quantitative estimate of drug-likeness (QED) is 0.789. The van der Waals surface area contributed by atoms with E-state index in [-0.39, 0.29) is 5.56 Å². The summed E-state index contributed by atoms with van der Waals surface area (Å²) in [6.07, 6.45) is 1.08. The van der Waals surface area contributed by atoms with Crippen LogP contribution in [0.1, 0.15) is 37.6 Å². The lowest BCUT2D eigenvalue weighted by Crippen LogP contribution is -2.30. The molecule has 0 aliphatic rings. The van der Waals surface area contributed by atoms with Gasteiger partial charge in [-0.05, 0) is 37.5 Å². The molecule has 0 radical (unpaired) electrons. The molecule has 0 saturated heterocycles. The molecule has 0 bridgehead atoms. The maximum Gasteiger partial charge on any atom is 0.337 e. The molecule has 0 aliphatic heterocycles. The fraction of sp³-hybridized carbons (Fsp3) is 0.500. The monoisotopic (exact) mass is 250 g/mol. The molecule has 18 heavy (non-hydrogen) atoms. The lowest BCUT2D eigenvalue weighted by Gasteiger charge is -2.28. The molecule has 0 spiro atoms. The van der Waals surface area contributed by atoms with Crippen LogP contribution in [0.2, 0.25) is 0 Å². The SMILES string of the molecule is CC(C)CC(C)N(C)c1ccc(C(=O)O)c(N)c1. The van der Waals surface area contributed by atoms with Gasteiger partial charge in [-0.3, -0.25) is 0 Å². The lowest BCUT2D eigenvalue weighted by atomic mass is 10.0. The minimum Gasteiger partial charge on any atom is -0.478 e. The maximum absolute atomic E-state index is 10.9. The van der Waals surface area contributed by atoms with E-state index < -0.39 is 5.97 Å². The Morgan fingerprint density at radius 3 is 2.44 bits per heavy atom. The molecule has 1 unspecified atom stereocenters. The predicted molar refractivity (Wildman–Crippen MR) is 75.1 cm³/mol. The first-order valence-electron chi connectivity index (χ1n) is 6.18. The van der Waals surface area contributed by atoms with Gasteiger partial charge in [0.15, 0.2) is 0 Å². The number of hydrogen-bond donors (Lipinski definition) is 2. The van der Waals surface area contributed by atoms with Crippen molar-refractivity contribution in [2.24, 2.45) is 5.92 Å². The van der Waals surface area contributed by atoms with Crippen LogP contribution in [-0.2, 0) is 0 Å². The minimum absolute atomic E-state index is 0.156. The Kier molecular flexibility index (Phi) is 4.59. The number of carboxylic acid groups (broad SMARTS) is 1. The number of benzene rings is 1. The summed E-state index contributed by atoms with van der Waals surface area (Å²) >= 11 is 0. The third-order valence-corrected chi connectivity index (χ3v) is 3.15. The largest absolute Gasteiger partial charge is 0.478 e. The number of hydrogen-bond acceptors (Lipinski definition) is 3. The maximum atomic E-state index is 10.9. The van der Waals surface area contributed by atoms with Gasteiger partial charge >= 0.3 is 5.97 Å². The normalized spacial score (nSPS) is 12.5. The molecule has 1 atom stereocenters. The summed E-state index contributed by atoms with van der Waals surface area (Å²) in [5.74, 6) is -0.366. The first kappa shape index (κ1) is 14.4. The van der Waals surface area contributed by atoms with Crippen molar-refractivity contribution in [2.75, 3.05) is 17.7 Å². The van der Waals surface area contributed by atoms with E-state index in [1.165, 1.54) is 0 Å². The molecule has 1 aromatic rings. The molecule has 0 aromatic heterocycles. The van der Waals surface area contributed by atoms with Gasteiger partial charge in [-0.1, -0.05) is 13.8 Å². The van der Waals surface area contributed by atoms with Crippen LogP contribution in [-0.4, -0.2) is 24.2 Å². The Morgan fingerprint density at radius 2 is 2.00 bits per heavy atom. The summed E-state index contributed by atoms with van der Waals surface area (Å²) in [6.45, 7) is 6.53. The molecule has 0 amide bonds. The van der Waals surface area contributed by atoms with Gasteiger partial charge in [-0.15, -0.1) is 0 Å². The van der Waals surface area contributed by atoms with Crippen LogP contribution in [0.5, 0.6) is 0 Å². The van der Waals surface area contributed by atoms with Crippen LogP contribution in [0.3, 0.4) is 0 Å². The van der Waals surface area contributed by atoms with E-state index in [0.717, 1.165) is 12.1 Å². The van der Waals surface area contributed by atoms with Gasteiger partial charge < -0.3 is 15.7 Å². The van der Waals surface area contributed by atoms with Gasteiger partial charge in [0, 0.05) is 24.5 Å². The zero-order chi connectivity index (χ0) is 13.9. The van der Waals surface area contributed by atoms with Crippen LogP contribution in [0.15, 0.2) is 18.2 Å². The van der Waals surface area contributed by atoms with E-state index in [1.54, 1.807) is 18.2 Å². The van der Waals surface area contributed by atoms with Crippen LogP contribution in [0, 0.1) is 5.92 Å². The number of carboxylic acids is 1. The van der Waals surface area contributed by atoms with Gasteiger partial charge in [-0.2, -0.15) is 0 Å². The second-order valence-corrected chi connectivity index (χ2v) is 5.17. The van der Waals surface area contributed by atoms with E-state index in [2.05, 4.69) is 25.7 Å². The molecule has 4 nitrogen and oxygen atoms in total. The summed E-state index contributed by atoms with van der Waals surface area (Å²) in [6, 6.07) is 5.47. The highest BCUT2D eigenvalue weighted by Gasteiger charge is 2.14. The molecular formula is C14H22N2O2. The van der Waals surface area contributed by atoms with Crippen LogP contribution < -0.4 is 10.6 Å². The van der Waals surface area contributed by atoms with Crippen molar-refractivity contribution in [2.45, 2.75) is 33.2 Å². The molecule has 4 heteroatoms. The van der Waals surface area contributed by atoms with Crippen molar-refractivity contribution >= 4 is 17.3 Å². The number of nitrogens with zero attached hydrogens (tertiary/aromatic N) is 1. The molecule has 0 saturated carbocycles. The van der Waals surface area contributed by atoms with E-state index in [1.807, 2.05) is 7.05 Å². The van der Waals surface area contributed by atoms with Gasteiger partial charge in [-0.25, -0.2) is 4.79 Å². The van der Waals surface area contributed by atoms with Crippen molar-refractivity contribution in [3.05, 3.63) is 23.8 Å². The average Bonchev–Trinajstić information content (AvgIpc) is 2.26. The van der Waals surface area contributed by atoms with Crippen LogP contribution in [0.25, 0.3) is 0 Å². The third kappa shape index (κ3) is 3.39. The Balaban J connectivity index is 2.90. The average molecular weight is 250 g/mol. The number of anilines is 2. The van der Waals surface area contributed by atoms with Crippen molar-refractivity contribution in [1.29, 1.82) is 0 Å². The number of aromatic carboxylic acids is 1. The molecule has 0 aliphatic carbocycles. The molecule has 0 fully saturated rings. The van der Waals surface area contributed by atoms with Crippen molar-refractivity contribution in [1.82, 2.24) is 0 Å². The zero-order valence-corrected chi connectivity index (χ0v) is 11.5.